The van der Waals surface area contributed by atoms with Crippen LogP contribution in [0.1, 0.15) is 35.6 Å². The number of hydrogen-bond acceptors (Lipinski definition) is 4. The highest BCUT2D eigenvalue weighted by Crippen LogP contribution is 2.39. The van der Waals surface area contributed by atoms with E-state index in [0.29, 0.717) is 36.5 Å². The molecule has 1 aliphatic rings. The summed E-state index contributed by atoms with van der Waals surface area (Å²) < 4.78 is 72.8. The second-order valence-corrected chi connectivity index (χ2v) is 9.96. The number of sulfonamides is 1. The number of rotatable bonds is 6. The number of nitrogens with one attached hydrogen (secondary N) is 1. The predicted octanol–water partition coefficient (Wildman–Crippen LogP) is 4.94. The van der Waals surface area contributed by atoms with Crippen molar-refractivity contribution in [3.8, 4) is 5.75 Å². The summed E-state index contributed by atoms with van der Waals surface area (Å²) in [4.78, 5) is 10.3. The maximum absolute atomic E-state index is 13.1. The number of carboxylic acids is 1. The van der Waals surface area contributed by atoms with E-state index in [4.69, 9.17) is 21.4 Å². The van der Waals surface area contributed by atoms with E-state index in [1.165, 1.54) is 6.07 Å². The Hall–Kier alpha value is -1.82. The van der Waals surface area contributed by atoms with Crippen molar-refractivity contribution in [3.63, 3.8) is 0 Å². The maximum Gasteiger partial charge on any atom is 0.416 e. The molecular weight excluding hydrogens is 527 g/mol. The van der Waals surface area contributed by atoms with Gasteiger partial charge in [0.15, 0.2) is 6.61 Å². The molecule has 0 heterocycles. The van der Waals surface area contributed by atoms with E-state index in [-0.39, 0.29) is 15.2 Å². The molecule has 1 atom stereocenters. The van der Waals surface area contributed by atoms with E-state index in [1.807, 2.05) is 0 Å². The molecule has 31 heavy (non-hydrogen) atoms. The zero-order valence-corrected chi connectivity index (χ0v) is 18.8. The predicted molar refractivity (Wildman–Crippen MR) is 110 cm³/mol. The molecular formula is C19H16BrClF3NO5S. The molecule has 2 N–H and O–H groups in total. The monoisotopic (exact) mass is 541 g/mol. The summed E-state index contributed by atoms with van der Waals surface area (Å²) in [5.74, 6) is -0.951. The molecule has 0 spiro atoms. The standard InChI is InChI=1S/C19H16BrClF3NO5S/c20-11-4-10(19(22,23)24)5-13(6-11)31(28,29)25-16-3-1-2-14-15(16)7-12(21)8-17(14)30-9-18(26)27/h4-8,16,25H,1-3,9H2,(H,26,27)/t16-/m1/s1. The second kappa shape index (κ2) is 8.97. The molecule has 6 nitrogen and oxygen atoms in total. The highest BCUT2D eigenvalue weighted by atomic mass is 79.9. The van der Waals surface area contributed by atoms with E-state index in [1.54, 1.807) is 6.07 Å². The first kappa shape index (κ1) is 23.8. The van der Waals surface area contributed by atoms with Crippen molar-refractivity contribution >= 4 is 43.5 Å². The summed E-state index contributed by atoms with van der Waals surface area (Å²) in [5.41, 5.74) is 0.00211. The van der Waals surface area contributed by atoms with Gasteiger partial charge in [-0.1, -0.05) is 27.5 Å². The Morgan fingerprint density at radius 2 is 1.97 bits per heavy atom. The minimum Gasteiger partial charge on any atom is -0.482 e. The lowest BCUT2D eigenvalue weighted by atomic mass is 9.87. The van der Waals surface area contributed by atoms with Crippen LogP contribution in [0.15, 0.2) is 39.7 Å². The Morgan fingerprint density at radius 1 is 1.26 bits per heavy atom. The van der Waals surface area contributed by atoms with Crippen LogP contribution in [-0.2, 0) is 27.4 Å². The largest absolute Gasteiger partial charge is 0.482 e. The van der Waals surface area contributed by atoms with E-state index in [0.717, 1.165) is 12.1 Å². The first-order valence-corrected chi connectivity index (χ1v) is 11.6. The number of carboxylic acid groups (broad SMARTS) is 1. The molecule has 0 saturated carbocycles. The first-order chi connectivity index (χ1) is 14.4. The lowest BCUT2D eigenvalue weighted by Crippen LogP contribution is -2.31. The zero-order chi connectivity index (χ0) is 23.0. The minimum absolute atomic E-state index is 0.0286. The smallest absolute Gasteiger partial charge is 0.416 e. The molecule has 0 saturated heterocycles. The van der Waals surface area contributed by atoms with Crippen molar-refractivity contribution in [1.29, 1.82) is 0 Å². The summed E-state index contributed by atoms with van der Waals surface area (Å²) in [5, 5.41) is 9.06. The van der Waals surface area contributed by atoms with Crippen LogP contribution in [0.3, 0.4) is 0 Å². The quantitative estimate of drug-likeness (QED) is 0.539. The fourth-order valence-electron chi connectivity index (χ4n) is 3.38. The first-order valence-electron chi connectivity index (χ1n) is 8.94. The maximum atomic E-state index is 13.1. The number of carbonyl (C=O) groups is 1. The highest BCUT2D eigenvalue weighted by Gasteiger charge is 2.34. The third kappa shape index (κ3) is 5.71. The van der Waals surface area contributed by atoms with Crippen LogP contribution < -0.4 is 9.46 Å². The van der Waals surface area contributed by atoms with Crippen LogP contribution in [0.4, 0.5) is 13.2 Å². The van der Waals surface area contributed by atoms with Crippen LogP contribution in [0.25, 0.3) is 0 Å². The number of benzene rings is 2. The number of ether oxygens (including phenoxy) is 1. The van der Waals surface area contributed by atoms with Gasteiger partial charge in [-0.15, -0.1) is 0 Å². The highest BCUT2D eigenvalue weighted by molar-refractivity contribution is 9.10. The van der Waals surface area contributed by atoms with Crippen LogP contribution in [0, 0.1) is 0 Å². The van der Waals surface area contributed by atoms with Crippen molar-refractivity contribution in [2.24, 2.45) is 0 Å². The normalized spacial score (nSPS) is 16.6. The van der Waals surface area contributed by atoms with Crippen LogP contribution in [-0.4, -0.2) is 26.1 Å². The molecule has 0 aromatic heterocycles. The number of aliphatic carboxylic acids is 1. The van der Waals surface area contributed by atoms with Gasteiger partial charge >= 0.3 is 12.1 Å². The van der Waals surface area contributed by atoms with Gasteiger partial charge in [-0.25, -0.2) is 17.9 Å². The molecule has 0 fully saturated rings. The molecule has 2 aromatic carbocycles. The molecule has 0 aliphatic heterocycles. The number of halogens is 5. The van der Waals surface area contributed by atoms with Gasteiger partial charge in [0.05, 0.1) is 10.5 Å². The molecule has 0 bridgehead atoms. The average Bonchev–Trinajstić information content (AvgIpc) is 2.65. The number of fused-ring (bicyclic) bond motifs is 1. The molecule has 0 radical (unpaired) electrons. The molecule has 3 rings (SSSR count). The molecule has 168 valence electrons. The van der Waals surface area contributed by atoms with Gasteiger partial charge in [0.25, 0.3) is 0 Å². The van der Waals surface area contributed by atoms with Gasteiger partial charge in [0, 0.05) is 15.5 Å². The Morgan fingerprint density at radius 3 is 2.61 bits per heavy atom. The van der Waals surface area contributed by atoms with E-state index in [9.17, 15) is 26.4 Å². The Kier molecular flexibility index (Phi) is 6.90. The van der Waals surface area contributed by atoms with Gasteiger partial charge in [-0.05, 0) is 60.7 Å². The topological polar surface area (TPSA) is 92.7 Å². The Balaban J connectivity index is 1.96. The van der Waals surface area contributed by atoms with E-state index in [2.05, 4.69) is 20.7 Å². The van der Waals surface area contributed by atoms with E-state index < -0.39 is 45.3 Å². The number of alkyl halides is 3. The summed E-state index contributed by atoms with van der Waals surface area (Å²) in [6.45, 7) is -0.596. The summed E-state index contributed by atoms with van der Waals surface area (Å²) in [6, 6.07) is 4.66. The van der Waals surface area contributed by atoms with Crippen molar-refractivity contribution in [2.75, 3.05) is 6.61 Å². The molecule has 0 unspecified atom stereocenters. The second-order valence-electron chi connectivity index (χ2n) is 6.89. The molecule has 0 amide bonds. The Bertz CT molecular complexity index is 1120. The lowest BCUT2D eigenvalue weighted by Gasteiger charge is -2.28. The molecule has 12 heteroatoms. The van der Waals surface area contributed by atoms with Crippen LogP contribution in [0.5, 0.6) is 5.75 Å². The van der Waals surface area contributed by atoms with Crippen LogP contribution >= 0.6 is 27.5 Å². The van der Waals surface area contributed by atoms with Crippen molar-refractivity contribution < 1.29 is 36.2 Å². The fourth-order valence-corrected chi connectivity index (χ4v) is 5.56. The molecule has 1 aliphatic carbocycles. The zero-order valence-electron chi connectivity index (χ0n) is 15.7. The third-order valence-corrected chi connectivity index (χ3v) is 6.79. The van der Waals surface area contributed by atoms with Gasteiger partial charge in [-0.2, -0.15) is 13.2 Å². The fraction of sp³-hybridized carbons (Fsp3) is 0.316. The van der Waals surface area contributed by atoms with Crippen molar-refractivity contribution in [2.45, 2.75) is 36.4 Å². The summed E-state index contributed by atoms with van der Waals surface area (Å²) in [6.07, 6.45) is -3.27. The van der Waals surface area contributed by atoms with Crippen LogP contribution in [0.2, 0.25) is 5.02 Å². The number of hydrogen-bond donors (Lipinski definition) is 2. The van der Waals surface area contributed by atoms with Gasteiger partial charge < -0.3 is 9.84 Å². The average molecular weight is 543 g/mol. The Labute approximate surface area is 189 Å². The van der Waals surface area contributed by atoms with Gasteiger partial charge in [-0.3, -0.25) is 0 Å². The third-order valence-electron chi connectivity index (χ3n) is 4.66. The molecule has 2 aromatic rings. The van der Waals surface area contributed by atoms with Crippen molar-refractivity contribution in [3.05, 3.63) is 56.5 Å². The van der Waals surface area contributed by atoms with Gasteiger partial charge in [0.1, 0.15) is 5.75 Å². The SMILES string of the molecule is O=C(O)COc1cc(Cl)cc2c1CCC[C@H]2NS(=O)(=O)c1cc(Br)cc(C(F)(F)F)c1. The minimum atomic E-state index is -4.71. The summed E-state index contributed by atoms with van der Waals surface area (Å²) >= 11 is 9.03. The van der Waals surface area contributed by atoms with Crippen molar-refractivity contribution in [1.82, 2.24) is 4.72 Å². The van der Waals surface area contributed by atoms with E-state index >= 15 is 0 Å². The summed E-state index contributed by atoms with van der Waals surface area (Å²) in [7, 11) is -4.32. The van der Waals surface area contributed by atoms with Gasteiger partial charge in [0.2, 0.25) is 10.0 Å². The lowest BCUT2D eigenvalue weighted by molar-refractivity contribution is -0.139.